The van der Waals surface area contributed by atoms with Gasteiger partial charge in [-0.2, -0.15) is 0 Å². The van der Waals surface area contributed by atoms with Gasteiger partial charge in [-0.15, -0.1) is 0 Å². The number of amides is 1. The lowest BCUT2D eigenvalue weighted by molar-refractivity contribution is -0.116. The van der Waals surface area contributed by atoms with Gasteiger partial charge in [0.1, 0.15) is 30.5 Å². The van der Waals surface area contributed by atoms with E-state index in [-0.39, 0.29) is 6.42 Å². The van der Waals surface area contributed by atoms with Crippen LogP contribution in [0.4, 0.5) is 14.5 Å². The smallest absolute Gasteiger partial charge is 0.224 e. The first kappa shape index (κ1) is 15.3. The second-order valence-electron chi connectivity index (χ2n) is 5.12. The lowest BCUT2D eigenvalue weighted by Gasteiger charge is -2.18. The van der Waals surface area contributed by atoms with E-state index in [0.717, 1.165) is 17.7 Å². The first-order valence-corrected chi connectivity index (χ1v) is 7.26. The summed E-state index contributed by atoms with van der Waals surface area (Å²) in [6.45, 7) is 1.01. The predicted octanol–water partition coefficient (Wildman–Crippen LogP) is 3.31. The van der Waals surface area contributed by atoms with E-state index < -0.39 is 23.2 Å². The molecule has 1 amide bonds. The Kier molecular flexibility index (Phi) is 4.41. The number of aryl methyl sites for hydroxylation is 1. The minimum atomic E-state index is -0.794. The maximum absolute atomic E-state index is 13.5. The summed E-state index contributed by atoms with van der Waals surface area (Å²) in [5, 5.41) is 2.27. The third-order valence-corrected chi connectivity index (χ3v) is 3.47. The number of anilines is 1. The Morgan fingerprint density at radius 3 is 2.48 bits per heavy atom. The number of carbonyl (C=O) groups is 1. The summed E-state index contributed by atoms with van der Waals surface area (Å²) in [5.74, 6) is -0.716. The van der Waals surface area contributed by atoms with Crippen LogP contribution in [0.1, 0.15) is 12.0 Å². The average Bonchev–Trinajstić information content (AvgIpc) is 2.56. The molecular formula is C17H15F2NO3. The highest BCUT2D eigenvalue weighted by Gasteiger charge is 2.14. The Labute approximate surface area is 132 Å². The summed E-state index contributed by atoms with van der Waals surface area (Å²) >= 11 is 0. The topological polar surface area (TPSA) is 47.6 Å². The largest absolute Gasteiger partial charge is 0.486 e. The number of hydrogen-bond acceptors (Lipinski definition) is 3. The number of fused-ring (bicyclic) bond motifs is 1. The van der Waals surface area contributed by atoms with E-state index in [1.807, 2.05) is 12.1 Å². The number of rotatable bonds is 4. The van der Waals surface area contributed by atoms with E-state index in [0.29, 0.717) is 31.1 Å². The fourth-order valence-corrected chi connectivity index (χ4v) is 2.32. The van der Waals surface area contributed by atoms with Gasteiger partial charge < -0.3 is 14.8 Å². The molecule has 2 aromatic carbocycles. The molecule has 1 heterocycles. The number of para-hydroxylation sites is 1. The Balaban J connectivity index is 1.61. The highest BCUT2D eigenvalue weighted by atomic mass is 19.1. The number of benzene rings is 2. The van der Waals surface area contributed by atoms with Crippen LogP contribution in [0.2, 0.25) is 0 Å². The molecule has 120 valence electrons. The van der Waals surface area contributed by atoms with Gasteiger partial charge in [-0.05, 0) is 36.2 Å². The molecule has 6 heteroatoms. The molecule has 2 aromatic rings. The van der Waals surface area contributed by atoms with Crippen LogP contribution < -0.4 is 14.8 Å². The molecule has 0 unspecified atom stereocenters. The molecular weight excluding hydrogens is 304 g/mol. The van der Waals surface area contributed by atoms with Crippen molar-refractivity contribution >= 4 is 11.6 Å². The second-order valence-corrected chi connectivity index (χ2v) is 5.12. The molecule has 0 saturated heterocycles. The van der Waals surface area contributed by atoms with E-state index in [1.165, 1.54) is 6.07 Å². The first-order chi connectivity index (χ1) is 11.1. The summed E-state index contributed by atoms with van der Waals surface area (Å²) < 4.78 is 37.8. The van der Waals surface area contributed by atoms with Crippen molar-refractivity contribution in [1.29, 1.82) is 0 Å². The summed E-state index contributed by atoms with van der Waals surface area (Å²) in [6.07, 6.45) is 0.534. The van der Waals surface area contributed by atoms with Crippen molar-refractivity contribution in [1.82, 2.24) is 0 Å². The Hall–Kier alpha value is -2.63. The SMILES string of the molecule is O=C(CCc1ccc2c(c1)OCCO2)Nc1c(F)cccc1F. The Morgan fingerprint density at radius 1 is 1.04 bits per heavy atom. The molecule has 0 atom stereocenters. The van der Waals surface area contributed by atoms with Crippen LogP contribution in [-0.2, 0) is 11.2 Å². The van der Waals surface area contributed by atoms with Gasteiger partial charge in [0.2, 0.25) is 5.91 Å². The fourth-order valence-electron chi connectivity index (χ4n) is 2.32. The van der Waals surface area contributed by atoms with Crippen molar-refractivity contribution in [3.8, 4) is 11.5 Å². The number of carbonyl (C=O) groups excluding carboxylic acids is 1. The average molecular weight is 319 g/mol. The van der Waals surface area contributed by atoms with E-state index in [9.17, 15) is 13.6 Å². The van der Waals surface area contributed by atoms with Crippen molar-refractivity contribution < 1.29 is 23.0 Å². The first-order valence-electron chi connectivity index (χ1n) is 7.26. The minimum Gasteiger partial charge on any atom is -0.486 e. The highest BCUT2D eigenvalue weighted by molar-refractivity contribution is 5.91. The van der Waals surface area contributed by atoms with Gasteiger partial charge >= 0.3 is 0 Å². The number of hydrogen-bond donors (Lipinski definition) is 1. The lowest BCUT2D eigenvalue weighted by atomic mass is 10.1. The van der Waals surface area contributed by atoms with Crippen LogP contribution in [0.5, 0.6) is 11.5 Å². The second kappa shape index (κ2) is 6.64. The zero-order valence-electron chi connectivity index (χ0n) is 12.3. The van der Waals surface area contributed by atoms with Crippen LogP contribution in [0.3, 0.4) is 0 Å². The molecule has 3 rings (SSSR count). The van der Waals surface area contributed by atoms with Crippen LogP contribution in [0.15, 0.2) is 36.4 Å². The molecule has 1 N–H and O–H groups in total. The van der Waals surface area contributed by atoms with Crippen molar-refractivity contribution in [2.24, 2.45) is 0 Å². The van der Waals surface area contributed by atoms with Gasteiger partial charge in [-0.25, -0.2) is 8.78 Å². The van der Waals surface area contributed by atoms with E-state index in [2.05, 4.69) is 5.32 Å². The molecule has 0 saturated carbocycles. The molecule has 0 aliphatic carbocycles. The standard InChI is InChI=1S/C17H15F2NO3/c18-12-2-1-3-13(19)17(12)20-16(21)7-5-11-4-6-14-15(10-11)23-9-8-22-14/h1-4,6,10H,5,7-9H2,(H,20,21). The van der Waals surface area contributed by atoms with Gasteiger partial charge in [0.15, 0.2) is 11.5 Å². The predicted molar refractivity (Wildman–Crippen MR) is 80.7 cm³/mol. The van der Waals surface area contributed by atoms with Crippen molar-refractivity contribution in [3.05, 3.63) is 53.6 Å². The summed E-state index contributed by atoms with van der Waals surface area (Å²) in [7, 11) is 0. The van der Waals surface area contributed by atoms with Crippen LogP contribution >= 0.6 is 0 Å². The van der Waals surface area contributed by atoms with E-state index in [4.69, 9.17) is 9.47 Å². The maximum atomic E-state index is 13.5. The number of nitrogens with one attached hydrogen (secondary N) is 1. The number of halogens is 2. The molecule has 1 aliphatic heterocycles. The molecule has 0 fully saturated rings. The molecule has 23 heavy (non-hydrogen) atoms. The number of ether oxygens (including phenoxy) is 2. The van der Waals surface area contributed by atoms with Crippen molar-refractivity contribution in [2.75, 3.05) is 18.5 Å². The van der Waals surface area contributed by atoms with Crippen LogP contribution in [0, 0.1) is 11.6 Å². The van der Waals surface area contributed by atoms with Gasteiger partial charge in [-0.1, -0.05) is 12.1 Å². The molecule has 4 nitrogen and oxygen atoms in total. The third kappa shape index (κ3) is 3.59. The normalized spacial score (nSPS) is 12.8. The van der Waals surface area contributed by atoms with E-state index >= 15 is 0 Å². The van der Waals surface area contributed by atoms with E-state index in [1.54, 1.807) is 6.07 Å². The molecule has 0 bridgehead atoms. The third-order valence-electron chi connectivity index (χ3n) is 3.47. The lowest BCUT2D eigenvalue weighted by Crippen LogP contribution is -2.16. The quantitative estimate of drug-likeness (QED) is 0.940. The highest BCUT2D eigenvalue weighted by Crippen LogP contribution is 2.31. The summed E-state index contributed by atoms with van der Waals surface area (Å²) in [4.78, 5) is 11.9. The molecule has 1 aliphatic rings. The Bertz CT molecular complexity index is 714. The minimum absolute atomic E-state index is 0.105. The van der Waals surface area contributed by atoms with Crippen molar-refractivity contribution in [2.45, 2.75) is 12.8 Å². The molecule has 0 spiro atoms. The van der Waals surface area contributed by atoms with Gasteiger partial charge in [0.05, 0.1) is 0 Å². The fraction of sp³-hybridized carbons (Fsp3) is 0.235. The summed E-state index contributed by atoms with van der Waals surface area (Å²) in [5.41, 5.74) is 0.470. The van der Waals surface area contributed by atoms with Gasteiger partial charge in [0.25, 0.3) is 0 Å². The van der Waals surface area contributed by atoms with Crippen LogP contribution in [-0.4, -0.2) is 19.1 Å². The van der Waals surface area contributed by atoms with Crippen molar-refractivity contribution in [3.63, 3.8) is 0 Å². The molecule has 0 radical (unpaired) electrons. The zero-order chi connectivity index (χ0) is 16.2. The zero-order valence-corrected chi connectivity index (χ0v) is 12.3. The van der Waals surface area contributed by atoms with Gasteiger partial charge in [0, 0.05) is 6.42 Å². The maximum Gasteiger partial charge on any atom is 0.224 e. The van der Waals surface area contributed by atoms with Gasteiger partial charge in [-0.3, -0.25) is 4.79 Å². The van der Waals surface area contributed by atoms with Crippen LogP contribution in [0.25, 0.3) is 0 Å². The molecule has 0 aromatic heterocycles. The summed E-state index contributed by atoms with van der Waals surface area (Å²) in [6, 6.07) is 8.88. The monoisotopic (exact) mass is 319 g/mol. The Morgan fingerprint density at radius 2 is 1.74 bits per heavy atom.